The molecule has 0 aliphatic rings. The van der Waals surface area contributed by atoms with Gasteiger partial charge in [0.15, 0.2) is 5.58 Å². The van der Waals surface area contributed by atoms with E-state index in [9.17, 15) is 0 Å². The summed E-state index contributed by atoms with van der Waals surface area (Å²) in [5.41, 5.74) is 13.4. The lowest BCUT2D eigenvalue weighted by Crippen LogP contribution is -1.93. The van der Waals surface area contributed by atoms with Crippen molar-refractivity contribution in [1.82, 2.24) is 9.55 Å². The van der Waals surface area contributed by atoms with Crippen LogP contribution in [0.25, 0.3) is 72.3 Å². The smallest absolute Gasteiger partial charge is 0.227 e. The van der Waals surface area contributed by atoms with E-state index in [1.54, 1.807) is 0 Å². The molecule has 0 N–H and O–H groups in total. The zero-order valence-corrected chi connectivity index (χ0v) is 23.5. The lowest BCUT2D eigenvalue weighted by atomic mass is 9.98. The molecule has 3 nitrogen and oxygen atoms in total. The maximum atomic E-state index is 6.25. The average Bonchev–Trinajstić information content (AvgIpc) is 3.61. The highest BCUT2D eigenvalue weighted by Crippen LogP contribution is 2.34. The predicted molar refractivity (Wildman–Crippen MR) is 174 cm³/mol. The molecule has 0 aliphatic heterocycles. The van der Waals surface area contributed by atoms with Crippen molar-refractivity contribution in [2.45, 2.75) is 13.8 Å². The number of oxazole rings is 1. The van der Waals surface area contributed by atoms with Crippen molar-refractivity contribution >= 4 is 32.9 Å². The van der Waals surface area contributed by atoms with Crippen LogP contribution < -0.4 is 0 Å². The molecule has 0 spiro atoms. The van der Waals surface area contributed by atoms with E-state index in [0.29, 0.717) is 5.89 Å². The first-order valence-electron chi connectivity index (χ1n) is 14.3. The molecule has 0 radical (unpaired) electrons. The van der Waals surface area contributed by atoms with E-state index in [2.05, 4.69) is 146 Å². The van der Waals surface area contributed by atoms with E-state index in [0.717, 1.165) is 33.5 Å². The van der Waals surface area contributed by atoms with E-state index >= 15 is 0 Å². The van der Waals surface area contributed by atoms with Crippen LogP contribution in [0, 0.1) is 13.8 Å². The number of hydrogen-bond donors (Lipinski definition) is 0. The van der Waals surface area contributed by atoms with Crippen LogP contribution in [0.5, 0.6) is 0 Å². The molecule has 2 aromatic heterocycles. The summed E-state index contributed by atoms with van der Waals surface area (Å²) >= 11 is 0. The molecule has 2 heterocycles. The van der Waals surface area contributed by atoms with Crippen molar-refractivity contribution in [3.63, 3.8) is 0 Å². The van der Waals surface area contributed by atoms with E-state index in [-0.39, 0.29) is 0 Å². The van der Waals surface area contributed by atoms with E-state index < -0.39 is 0 Å². The van der Waals surface area contributed by atoms with E-state index in [1.807, 2.05) is 6.07 Å². The molecule has 6 aromatic carbocycles. The normalized spacial score (nSPS) is 11.6. The topological polar surface area (TPSA) is 31.0 Å². The standard InChI is InChI=1S/C39H28N2O/c1-25-11-12-26(2)34(23-25)30-19-22-35-38(24-30)42-39(40-35)29-15-13-27(14-16-29)28-17-20-31(21-18-28)41-36-9-5-3-7-32(36)33-8-4-6-10-37(33)41/h3-24H,1-2H3. The molecule has 8 aromatic rings. The van der Waals surface area contributed by atoms with Gasteiger partial charge in [-0.25, -0.2) is 4.98 Å². The Morgan fingerprint density at radius 1 is 0.548 bits per heavy atom. The Hall–Kier alpha value is -5.41. The fourth-order valence-electron chi connectivity index (χ4n) is 6.07. The minimum atomic E-state index is 0.636. The molecule has 0 saturated heterocycles. The highest BCUT2D eigenvalue weighted by molar-refractivity contribution is 6.09. The second kappa shape index (κ2) is 9.60. The van der Waals surface area contributed by atoms with Gasteiger partial charge >= 0.3 is 0 Å². The summed E-state index contributed by atoms with van der Waals surface area (Å²) in [6.45, 7) is 4.27. The number of aromatic nitrogens is 2. The van der Waals surface area contributed by atoms with E-state index in [1.165, 1.54) is 44.1 Å². The average molecular weight is 541 g/mol. The summed E-state index contributed by atoms with van der Waals surface area (Å²) in [5, 5.41) is 2.54. The SMILES string of the molecule is Cc1ccc(C)c(-c2ccc3nc(-c4ccc(-c5ccc(-n6c7ccccc7c7ccccc76)cc5)cc4)oc3c2)c1. The molecule has 0 atom stereocenters. The van der Waals surface area contributed by atoms with Gasteiger partial charge in [0.05, 0.1) is 11.0 Å². The lowest BCUT2D eigenvalue weighted by molar-refractivity contribution is 0.620. The van der Waals surface area contributed by atoms with Gasteiger partial charge in [-0.3, -0.25) is 0 Å². The van der Waals surface area contributed by atoms with E-state index in [4.69, 9.17) is 9.40 Å². The Labute approximate surface area is 244 Å². The number of aryl methyl sites for hydroxylation is 2. The lowest BCUT2D eigenvalue weighted by Gasteiger charge is -2.09. The molecule has 0 aliphatic carbocycles. The number of nitrogens with zero attached hydrogens (tertiary/aromatic N) is 2. The van der Waals surface area contributed by atoms with Crippen molar-refractivity contribution in [3.05, 3.63) is 145 Å². The van der Waals surface area contributed by atoms with Gasteiger partial charge in [-0.2, -0.15) is 0 Å². The maximum absolute atomic E-state index is 6.25. The molecule has 0 saturated carbocycles. The quantitative estimate of drug-likeness (QED) is 0.222. The minimum Gasteiger partial charge on any atom is -0.436 e. The summed E-state index contributed by atoms with van der Waals surface area (Å²) in [5.74, 6) is 0.636. The second-order valence-electron chi connectivity index (χ2n) is 11.0. The first-order valence-corrected chi connectivity index (χ1v) is 14.3. The van der Waals surface area contributed by atoms with Crippen LogP contribution in [0.4, 0.5) is 0 Å². The summed E-state index contributed by atoms with van der Waals surface area (Å²) in [6, 6.07) is 47.3. The molecular weight excluding hydrogens is 512 g/mol. The largest absolute Gasteiger partial charge is 0.436 e. The van der Waals surface area contributed by atoms with Crippen molar-refractivity contribution in [3.8, 4) is 39.4 Å². The summed E-state index contributed by atoms with van der Waals surface area (Å²) in [7, 11) is 0. The zero-order valence-electron chi connectivity index (χ0n) is 23.5. The third kappa shape index (κ3) is 4.02. The van der Waals surface area contributed by atoms with Crippen molar-refractivity contribution in [2.75, 3.05) is 0 Å². The minimum absolute atomic E-state index is 0.636. The molecular formula is C39H28N2O. The monoisotopic (exact) mass is 540 g/mol. The number of hydrogen-bond acceptors (Lipinski definition) is 2. The highest BCUT2D eigenvalue weighted by Gasteiger charge is 2.13. The van der Waals surface area contributed by atoms with Crippen molar-refractivity contribution < 1.29 is 4.42 Å². The van der Waals surface area contributed by atoms with Crippen LogP contribution in [-0.4, -0.2) is 9.55 Å². The molecule has 42 heavy (non-hydrogen) atoms. The van der Waals surface area contributed by atoms with Gasteiger partial charge in [0.2, 0.25) is 5.89 Å². The first kappa shape index (κ1) is 24.4. The Morgan fingerprint density at radius 2 is 1.14 bits per heavy atom. The van der Waals surface area contributed by atoms with Crippen LogP contribution >= 0.6 is 0 Å². The van der Waals surface area contributed by atoms with Gasteiger partial charge in [0.25, 0.3) is 0 Å². The number of para-hydroxylation sites is 2. The van der Waals surface area contributed by atoms with Crippen LogP contribution in [0.2, 0.25) is 0 Å². The Bertz CT molecular complexity index is 2200. The van der Waals surface area contributed by atoms with Crippen LogP contribution in [0.3, 0.4) is 0 Å². The van der Waals surface area contributed by atoms with Crippen molar-refractivity contribution in [2.24, 2.45) is 0 Å². The number of fused-ring (bicyclic) bond motifs is 4. The molecule has 0 amide bonds. The molecule has 8 rings (SSSR count). The third-order valence-electron chi connectivity index (χ3n) is 8.26. The fourth-order valence-corrected chi connectivity index (χ4v) is 6.07. The highest BCUT2D eigenvalue weighted by atomic mass is 16.3. The Balaban J connectivity index is 1.09. The van der Waals surface area contributed by atoms with Crippen LogP contribution in [-0.2, 0) is 0 Å². The van der Waals surface area contributed by atoms with Gasteiger partial charge < -0.3 is 8.98 Å². The Kier molecular flexibility index (Phi) is 5.58. The second-order valence-corrected chi connectivity index (χ2v) is 11.0. The third-order valence-corrected chi connectivity index (χ3v) is 8.26. The Morgan fingerprint density at radius 3 is 1.83 bits per heavy atom. The van der Waals surface area contributed by atoms with Gasteiger partial charge in [0.1, 0.15) is 5.52 Å². The summed E-state index contributed by atoms with van der Waals surface area (Å²) in [4.78, 5) is 4.78. The molecule has 0 fully saturated rings. The maximum Gasteiger partial charge on any atom is 0.227 e. The van der Waals surface area contributed by atoms with Gasteiger partial charge in [0, 0.05) is 22.0 Å². The van der Waals surface area contributed by atoms with Crippen LogP contribution in [0.15, 0.2) is 138 Å². The summed E-state index contributed by atoms with van der Waals surface area (Å²) < 4.78 is 8.59. The first-order chi connectivity index (χ1) is 20.6. The number of benzene rings is 6. The van der Waals surface area contributed by atoms with Crippen LogP contribution in [0.1, 0.15) is 11.1 Å². The molecule has 0 unspecified atom stereocenters. The van der Waals surface area contributed by atoms with Gasteiger partial charge in [-0.05, 0) is 90.2 Å². The molecule has 200 valence electrons. The predicted octanol–water partition coefficient (Wildman–Crippen LogP) is 10.5. The summed E-state index contributed by atoms with van der Waals surface area (Å²) in [6.07, 6.45) is 0. The fraction of sp³-hybridized carbons (Fsp3) is 0.0513. The van der Waals surface area contributed by atoms with Gasteiger partial charge in [-0.1, -0.05) is 90.5 Å². The molecule has 3 heteroatoms. The van der Waals surface area contributed by atoms with Gasteiger partial charge in [-0.15, -0.1) is 0 Å². The number of rotatable bonds is 4. The molecule has 0 bridgehead atoms. The van der Waals surface area contributed by atoms with Crippen molar-refractivity contribution in [1.29, 1.82) is 0 Å². The zero-order chi connectivity index (χ0) is 28.2.